The van der Waals surface area contributed by atoms with E-state index in [-0.39, 0.29) is 11.9 Å². The summed E-state index contributed by atoms with van der Waals surface area (Å²) < 4.78 is 1.10. The molecule has 0 radical (unpaired) electrons. The van der Waals surface area contributed by atoms with Gasteiger partial charge in [0, 0.05) is 33.7 Å². The first-order valence-electron chi connectivity index (χ1n) is 7.41. The highest BCUT2D eigenvalue weighted by molar-refractivity contribution is 9.10. The van der Waals surface area contributed by atoms with Crippen LogP contribution in [0, 0.1) is 5.92 Å². The van der Waals surface area contributed by atoms with Crippen LogP contribution >= 0.6 is 27.3 Å². The number of amides is 1. The summed E-state index contributed by atoms with van der Waals surface area (Å²) in [6, 6.07) is 2.25. The van der Waals surface area contributed by atoms with E-state index in [0.29, 0.717) is 18.9 Å². The molecule has 1 amide bonds. The Hall–Kier alpha value is -0.390. The zero-order valence-electron chi connectivity index (χ0n) is 11.7. The average molecular weight is 359 g/mol. The van der Waals surface area contributed by atoms with E-state index >= 15 is 0 Å². The van der Waals surface area contributed by atoms with Crippen LogP contribution in [0.1, 0.15) is 43.4 Å². The molecule has 112 valence electrons. The fourth-order valence-corrected chi connectivity index (χ4v) is 4.36. The van der Waals surface area contributed by atoms with Crippen molar-refractivity contribution in [3.63, 3.8) is 0 Å². The van der Waals surface area contributed by atoms with Crippen molar-refractivity contribution < 1.29 is 4.79 Å². The molecule has 1 atom stereocenters. The van der Waals surface area contributed by atoms with Crippen LogP contribution in [0.3, 0.4) is 0 Å². The highest BCUT2D eigenvalue weighted by atomic mass is 79.9. The Kier molecular flexibility index (Phi) is 6.52. The van der Waals surface area contributed by atoms with Gasteiger partial charge in [0.25, 0.3) is 0 Å². The van der Waals surface area contributed by atoms with Crippen LogP contribution in [0.15, 0.2) is 15.9 Å². The lowest BCUT2D eigenvalue weighted by molar-refractivity contribution is -0.122. The minimum atomic E-state index is 0.135. The van der Waals surface area contributed by atoms with Gasteiger partial charge in [0.2, 0.25) is 5.91 Å². The minimum Gasteiger partial charge on any atom is -0.352 e. The highest BCUT2D eigenvalue weighted by Crippen LogP contribution is 2.26. The Morgan fingerprint density at radius 3 is 2.80 bits per heavy atom. The molecule has 1 aliphatic rings. The summed E-state index contributed by atoms with van der Waals surface area (Å²) in [7, 11) is 0. The maximum atomic E-state index is 12.1. The summed E-state index contributed by atoms with van der Waals surface area (Å²) in [5.74, 6) is 0.712. The predicted molar refractivity (Wildman–Crippen MR) is 87.9 cm³/mol. The molecule has 0 aromatic carbocycles. The van der Waals surface area contributed by atoms with E-state index in [0.717, 1.165) is 10.9 Å². The maximum absolute atomic E-state index is 12.1. The minimum absolute atomic E-state index is 0.135. The molecule has 1 aliphatic carbocycles. The van der Waals surface area contributed by atoms with Gasteiger partial charge in [0.15, 0.2) is 0 Å². The molecule has 0 saturated heterocycles. The number of carbonyl (C=O) groups excluding carboxylic acids is 1. The summed E-state index contributed by atoms with van der Waals surface area (Å²) in [6.07, 6.45) is 7.66. The van der Waals surface area contributed by atoms with Gasteiger partial charge in [-0.1, -0.05) is 19.3 Å². The Bertz CT molecular complexity index is 429. The Morgan fingerprint density at radius 2 is 2.20 bits per heavy atom. The van der Waals surface area contributed by atoms with Crippen LogP contribution < -0.4 is 11.1 Å². The molecule has 2 rings (SSSR count). The molecule has 3 nitrogen and oxygen atoms in total. The van der Waals surface area contributed by atoms with Gasteiger partial charge in [-0.05, 0) is 47.2 Å². The zero-order chi connectivity index (χ0) is 14.4. The van der Waals surface area contributed by atoms with Crippen LogP contribution in [-0.4, -0.2) is 18.5 Å². The summed E-state index contributed by atoms with van der Waals surface area (Å²) in [5.41, 5.74) is 5.84. The van der Waals surface area contributed by atoms with Gasteiger partial charge in [0.05, 0.1) is 0 Å². The first-order chi connectivity index (χ1) is 9.69. The van der Waals surface area contributed by atoms with Gasteiger partial charge < -0.3 is 11.1 Å². The second-order valence-corrected chi connectivity index (χ2v) is 7.45. The summed E-state index contributed by atoms with van der Waals surface area (Å²) in [4.78, 5) is 13.3. The molecular weight excluding hydrogens is 336 g/mol. The van der Waals surface area contributed by atoms with Gasteiger partial charge >= 0.3 is 0 Å². The summed E-state index contributed by atoms with van der Waals surface area (Å²) in [5, 5.41) is 5.20. The van der Waals surface area contributed by atoms with Crippen molar-refractivity contribution in [3.8, 4) is 0 Å². The third-order valence-corrected chi connectivity index (χ3v) is 5.80. The second kappa shape index (κ2) is 8.15. The van der Waals surface area contributed by atoms with E-state index in [2.05, 4.69) is 32.7 Å². The van der Waals surface area contributed by atoms with Crippen molar-refractivity contribution in [2.45, 2.75) is 51.0 Å². The number of nitrogens with two attached hydrogens (primary N) is 1. The topological polar surface area (TPSA) is 55.1 Å². The molecule has 5 heteroatoms. The lowest BCUT2D eigenvalue weighted by Crippen LogP contribution is -2.45. The number of thiophene rings is 1. The summed E-state index contributed by atoms with van der Waals surface area (Å²) in [6.45, 7) is 0.557. The molecule has 1 aromatic heterocycles. The van der Waals surface area contributed by atoms with Crippen LogP contribution in [0.2, 0.25) is 0 Å². The quantitative estimate of drug-likeness (QED) is 0.817. The van der Waals surface area contributed by atoms with E-state index in [1.807, 2.05) is 0 Å². The fourth-order valence-electron chi connectivity index (χ4n) is 2.91. The van der Waals surface area contributed by atoms with Crippen molar-refractivity contribution in [1.82, 2.24) is 5.32 Å². The summed E-state index contributed by atoms with van der Waals surface area (Å²) >= 11 is 5.13. The molecular formula is C15H23BrN2OS. The Labute approximate surface area is 133 Å². The van der Waals surface area contributed by atoms with Crippen molar-refractivity contribution >= 4 is 33.2 Å². The molecule has 1 fully saturated rings. The van der Waals surface area contributed by atoms with Gasteiger partial charge in [-0.15, -0.1) is 11.3 Å². The van der Waals surface area contributed by atoms with E-state index in [1.165, 1.54) is 37.0 Å². The van der Waals surface area contributed by atoms with Gasteiger partial charge in [-0.3, -0.25) is 4.79 Å². The number of aryl methyl sites for hydroxylation is 1. The number of hydrogen-bond donors (Lipinski definition) is 2. The van der Waals surface area contributed by atoms with Gasteiger partial charge in [0.1, 0.15) is 0 Å². The van der Waals surface area contributed by atoms with Crippen LogP contribution in [0.5, 0.6) is 0 Å². The van der Waals surface area contributed by atoms with Crippen LogP contribution in [0.4, 0.5) is 0 Å². The molecule has 20 heavy (non-hydrogen) atoms. The molecule has 1 saturated carbocycles. The zero-order valence-corrected chi connectivity index (χ0v) is 14.1. The lowest BCUT2D eigenvalue weighted by Gasteiger charge is -2.30. The lowest BCUT2D eigenvalue weighted by atomic mass is 9.84. The van der Waals surface area contributed by atoms with E-state index in [9.17, 15) is 4.79 Å². The number of rotatable bonds is 6. The monoisotopic (exact) mass is 358 g/mol. The molecule has 0 spiro atoms. The maximum Gasteiger partial charge on any atom is 0.220 e. The normalized spacial score (nSPS) is 17.9. The molecule has 1 aromatic rings. The van der Waals surface area contributed by atoms with Crippen molar-refractivity contribution in [3.05, 3.63) is 20.8 Å². The third-order valence-electron chi connectivity index (χ3n) is 4.04. The Morgan fingerprint density at radius 1 is 1.45 bits per heavy atom. The van der Waals surface area contributed by atoms with Gasteiger partial charge in [-0.2, -0.15) is 0 Å². The molecule has 0 aliphatic heterocycles. The van der Waals surface area contributed by atoms with Crippen LogP contribution in [-0.2, 0) is 11.2 Å². The highest BCUT2D eigenvalue weighted by Gasteiger charge is 2.23. The SMILES string of the molecule is NCC(NC(=O)CCc1cc(Br)cs1)C1CCCCC1. The van der Waals surface area contributed by atoms with E-state index in [4.69, 9.17) is 5.73 Å². The molecule has 0 bridgehead atoms. The first-order valence-corrected chi connectivity index (χ1v) is 9.08. The smallest absolute Gasteiger partial charge is 0.220 e. The standard InChI is InChI=1S/C15H23BrN2OS/c16-12-8-13(20-10-12)6-7-15(19)18-14(9-17)11-4-2-1-3-5-11/h8,10-11,14H,1-7,9,17H2,(H,18,19). The molecule has 1 heterocycles. The first kappa shape index (κ1) is 16.0. The fraction of sp³-hybridized carbons (Fsp3) is 0.667. The van der Waals surface area contributed by atoms with E-state index in [1.54, 1.807) is 11.3 Å². The Balaban J connectivity index is 1.76. The average Bonchev–Trinajstić information content (AvgIpc) is 2.89. The molecule has 1 unspecified atom stereocenters. The van der Waals surface area contributed by atoms with Crippen molar-refractivity contribution in [1.29, 1.82) is 0 Å². The number of carbonyl (C=O) groups is 1. The molecule has 3 N–H and O–H groups in total. The van der Waals surface area contributed by atoms with Crippen molar-refractivity contribution in [2.75, 3.05) is 6.54 Å². The number of hydrogen-bond acceptors (Lipinski definition) is 3. The number of halogens is 1. The second-order valence-electron chi connectivity index (χ2n) is 5.54. The predicted octanol–water partition coefficient (Wildman–Crippen LogP) is 3.47. The van der Waals surface area contributed by atoms with Crippen LogP contribution in [0.25, 0.3) is 0 Å². The van der Waals surface area contributed by atoms with E-state index < -0.39 is 0 Å². The van der Waals surface area contributed by atoms with Crippen molar-refractivity contribution in [2.24, 2.45) is 11.7 Å². The largest absolute Gasteiger partial charge is 0.352 e. The number of nitrogens with one attached hydrogen (secondary N) is 1. The third kappa shape index (κ3) is 4.86. The van der Waals surface area contributed by atoms with Gasteiger partial charge in [-0.25, -0.2) is 0 Å².